The van der Waals surface area contributed by atoms with E-state index in [1.54, 1.807) is 12.4 Å². The van der Waals surface area contributed by atoms with E-state index in [1.807, 2.05) is 42.5 Å². The molecule has 0 atom stereocenters. The Morgan fingerprint density at radius 3 is 2.70 bits per heavy atom. The molecule has 0 aliphatic heterocycles. The lowest BCUT2D eigenvalue weighted by molar-refractivity contribution is 0.936. The molecule has 4 rings (SSSR count). The molecule has 0 N–H and O–H groups in total. The van der Waals surface area contributed by atoms with Gasteiger partial charge in [0, 0.05) is 21.5 Å². The zero-order valence-electron chi connectivity index (χ0n) is 11.7. The van der Waals surface area contributed by atoms with Crippen molar-refractivity contribution in [3.05, 3.63) is 72.8 Å². The van der Waals surface area contributed by atoms with Crippen molar-refractivity contribution in [3.8, 4) is 11.4 Å². The van der Waals surface area contributed by atoms with Crippen LogP contribution < -0.4 is 10.1 Å². The molecule has 7 heteroatoms. The van der Waals surface area contributed by atoms with Gasteiger partial charge in [-0.1, -0.05) is 23.5 Å². The Bertz CT molecular complexity index is 1090. The first-order chi connectivity index (χ1) is 11.2. The summed E-state index contributed by atoms with van der Waals surface area (Å²) < 4.78 is 3.13. The lowest BCUT2D eigenvalue weighted by Gasteiger charge is -1.92. The molecule has 3 heterocycles. The van der Waals surface area contributed by atoms with E-state index < -0.39 is 0 Å². The molecule has 0 bridgehead atoms. The standard InChI is InChI=1S/C16H9IN4OS/c17-12-5-3-10(4-6-12)8-13-15(22)21-16(23-13)19-14(20-21)11-2-1-7-18-9-11/h1-9H/b13-8-. The molecule has 3 aromatic heterocycles. The molecule has 0 aliphatic rings. The first kappa shape index (κ1) is 14.5. The van der Waals surface area contributed by atoms with E-state index in [-0.39, 0.29) is 5.56 Å². The van der Waals surface area contributed by atoms with E-state index >= 15 is 0 Å². The highest BCUT2D eigenvalue weighted by Crippen LogP contribution is 2.14. The Kier molecular flexibility index (Phi) is 3.66. The van der Waals surface area contributed by atoms with Crippen LogP contribution in [0.1, 0.15) is 5.56 Å². The van der Waals surface area contributed by atoms with Crippen LogP contribution in [-0.2, 0) is 0 Å². The van der Waals surface area contributed by atoms with Gasteiger partial charge in [0.1, 0.15) is 0 Å². The van der Waals surface area contributed by atoms with Gasteiger partial charge in [-0.2, -0.15) is 9.50 Å². The van der Waals surface area contributed by atoms with Gasteiger partial charge in [0.2, 0.25) is 4.96 Å². The Hall–Kier alpha value is -2.13. The van der Waals surface area contributed by atoms with Crippen molar-refractivity contribution in [1.82, 2.24) is 19.6 Å². The van der Waals surface area contributed by atoms with E-state index in [2.05, 4.69) is 37.7 Å². The predicted molar refractivity (Wildman–Crippen MR) is 98.3 cm³/mol. The molecule has 4 aromatic rings. The average molecular weight is 432 g/mol. The van der Waals surface area contributed by atoms with Crippen LogP contribution in [0.3, 0.4) is 0 Å². The highest BCUT2D eigenvalue weighted by Gasteiger charge is 2.11. The van der Waals surface area contributed by atoms with Crippen molar-refractivity contribution in [2.24, 2.45) is 0 Å². The van der Waals surface area contributed by atoms with Crippen LogP contribution in [0.4, 0.5) is 0 Å². The van der Waals surface area contributed by atoms with Gasteiger partial charge in [-0.3, -0.25) is 9.78 Å². The maximum absolute atomic E-state index is 12.5. The molecule has 1 aromatic carbocycles. The minimum Gasteiger partial charge on any atom is -0.266 e. The summed E-state index contributed by atoms with van der Waals surface area (Å²) in [6.45, 7) is 0. The number of fused-ring (bicyclic) bond motifs is 1. The first-order valence-electron chi connectivity index (χ1n) is 6.78. The van der Waals surface area contributed by atoms with Crippen LogP contribution in [0.5, 0.6) is 0 Å². The van der Waals surface area contributed by atoms with Crippen molar-refractivity contribution >= 4 is 45.0 Å². The van der Waals surface area contributed by atoms with Crippen LogP contribution in [0.15, 0.2) is 53.6 Å². The summed E-state index contributed by atoms with van der Waals surface area (Å²) in [5, 5.41) is 4.30. The Morgan fingerprint density at radius 2 is 2.00 bits per heavy atom. The third-order valence-corrected chi connectivity index (χ3v) is 4.95. The number of rotatable bonds is 2. The second kappa shape index (κ2) is 5.82. The number of pyridine rings is 1. The molecular formula is C16H9IN4OS. The minimum atomic E-state index is -0.147. The van der Waals surface area contributed by atoms with Crippen LogP contribution >= 0.6 is 33.9 Å². The molecule has 0 aliphatic carbocycles. The third-order valence-electron chi connectivity index (χ3n) is 3.27. The normalized spacial score (nSPS) is 12.1. The topological polar surface area (TPSA) is 60.2 Å². The van der Waals surface area contributed by atoms with Gasteiger partial charge in [-0.15, -0.1) is 5.10 Å². The second-order valence-electron chi connectivity index (χ2n) is 4.84. The molecule has 0 radical (unpaired) electrons. The lowest BCUT2D eigenvalue weighted by atomic mass is 10.2. The number of nitrogens with zero attached hydrogens (tertiary/aromatic N) is 4. The molecule has 0 spiro atoms. The molecule has 23 heavy (non-hydrogen) atoms. The zero-order chi connectivity index (χ0) is 15.8. The summed E-state index contributed by atoms with van der Waals surface area (Å²) in [4.78, 5) is 21.5. The molecule has 0 amide bonds. The van der Waals surface area contributed by atoms with Gasteiger partial charge < -0.3 is 0 Å². The molecule has 0 saturated heterocycles. The van der Waals surface area contributed by atoms with E-state index in [1.165, 1.54) is 15.9 Å². The fraction of sp³-hybridized carbons (Fsp3) is 0. The molecule has 5 nitrogen and oxygen atoms in total. The Labute approximate surface area is 148 Å². The highest BCUT2D eigenvalue weighted by atomic mass is 127. The quantitative estimate of drug-likeness (QED) is 0.457. The predicted octanol–water partition coefficient (Wildman–Crippen LogP) is 2.37. The van der Waals surface area contributed by atoms with E-state index in [0.29, 0.717) is 15.3 Å². The van der Waals surface area contributed by atoms with Gasteiger partial charge in [0.05, 0.1) is 4.53 Å². The van der Waals surface area contributed by atoms with Gasteiger partial charge in [-0.05, 0) is 58.5 Å². The summed E-state index contributed by atoms with van der Waals surface area (Å²) in [5.74, 6) is 0.516. The van der Waals surface area contributed by atoms with E-state index in [4.69, 9.17) is 0 Å². The summed E-state index contributed by atoms with van der Waals surface area (Å²) in [6.07, 6.45) is 5.24. The molecule has 0 unspecified atom stereocenters. The zero-order valence-corrected chi connectivity index (χ0v) is 14.7. The second-order valence-corrected chi connectivity index (χ2v) is 7.09. The van der Waals surface area contributed by atoms with Crippen molar-refractivity contribution in [1.29, 1.82) is 0 Å². The van der Waals surface area contributed by atoms with E-state index in [0.717, 1.165) is 14.7 Å². The van der Waals surface area contributed by atoms with E-state index in [9.17, 15) is 4.79 Å². The molecular weight excluding hydrogens is 423 g/mol. The maximum Gasteiger partial charge on any atom is 0.291 e. The third kappa shape index (κ3) is 2.77. The number of hydrogen-bond donors (Lipinski definition) is 0. The number of halogens is 1. The smallest absolute Gasteiger partial charge is 0.266 e. The molecule has 0 fully saturated rings. The van der Waals surface area contributed by atoms with Gasteiger partial charge in [0.15, 0.2) is 5.82 Å². The monoisotopic (exact) mass is 432 g/mol. The largest absolute Gasteiger partial charge is 0.291 e. The van der Waals surface area contributed by atoms with Gasteiger partial charge >= 0.3 is 0 Å². The van der Waals surface area contributed by atoms with Crippen molar-refractivity contribution < 1.29 is 0 Å². The Balaban J connectivity index is 1.82. The van der Waals surface area contributed by atoms with Crippen molar-refractivity contribution in [2.75, 3.05) is 0 Å². The fourth-order valence-electron chi connectivity index (χ4n) is 2.16. The number of hydrogen-bond acceptors (Lipinski definition) is 5. The number of benzene rings is 1. The molecule has 112 valence electrons. The first-order valence-corrected chi connectivity index (χ1v) is 8.67. The SMILES string of the molecule is O=c1/c(=C/c2ccc(I)cc2)sc2nc(-c3cccnc3)nn12. The van der Waals surface area contributed by atoms with Gasteiger partial charge in [-0.25, -0.2) is 0 Å². The maximum atomic E-state index is 12.5. The average Bonchev–Trinajstić information content (AvgIpc) is 3.11. The summed E-state index contributed by atoms with van der Waals surface area (Å²) in [7, 11) is 0. The van der Waals surface area contributed by atoms with Crippen LogP contribution in [0.2, 0.25) is 0 Å². The van der Waals surface area contributed by atoms with Crippen molar-refractivity contribution in [3.63, 3.8) is 0 Å². The van der Waals surface area contributed by atoms with Gasteiger partial charge in [0.25, 0.3) is 5.56 Å². The molecule has 0 saturated carbocycles. The minimum absolute atomic E-state index is 0.147. The van der Waals surface area contributed by atoms with Crippen LogP contribution in [-0.4, -0.2) is 19.6 Å². The fourth-order valence-corrected chi connectivity index (χ4v) is 3.43. The summed E-state index contributed by atoms with van der Waals surface area (Å²) >= 11 is 3.59. The van der Waals surface area contributed by atoms with Crippen LogP contribution in [0, 0.1) is 3.57 Å². The Morgan fingerprint density at radius 1 is 1.17 bits per heavy atom. The van der Waals surface area contributed by atoms with Crippen LogP contribution in [0.25, 0.3) is 22.4 Å². The number of thiazole rings is 1. The summed E-state index contributed by atoms with van der Waals surface area (Å²) in [5.41, 5.74) is 1.64. The summed E-state index contributed by atoms with van der Waals surface area (Å²) in [6, 6.07) is 11.7. The number of aromatic nitrogens is 4. The lowest BCUT2D eigenvalue weighted by Crippen LogP contribution is -2.23. The van der Waals surface area contributed by atoms with Crippen molar-refractivity contribution in [2.45, 2.75) is 0 Å². The highest BCUT2D eigenvalue weighted by molar-refractivity contribution is 14.1.